The molecule has 0 saturated heterocycles. The van der Waals surface area contributed by atoms with Crippen molar-refractivity contribution in [2.45, 2.75) is 19.8 Å². The summed E-state index contributed by atoms with van der Waals surface area (Å²) < 4.78 is 0. The fourth-order valence-electron chi connectivity index (χ4n) is 3.44. The number of carbonyl (C=O) groups excluding carboxylic acids is 1. The van der Waals surface area contributed by atoms with Gasteiger partial charge in [-0.1, -0.05) is 36.4 Å². The summed E-state index contributed by atoms with van der Waals surface area (Å²) in [6, 6.07) is 18.1. The highest BCUT2D eigenvalue weighted by molar-refractivity contribution is 14.0. The molecule has 1 aromatic heterocycles. The van der Waals surface area contributed by atoms with E-state index >= 15 is 0 Å². The second-order valence-electron chi connectivity index (χ2n) is 7.58. The molecule has 0 atom stereocenters. The summed E-state index contributed by atoms with van der Waals surface area (Å²) in [5, 5.41) is 7.85. The van der Waals surface area contributed by atoms with E-state index in [-0.39, 0.29) is 29.9 Å². The largest absolute Gasteiger partial charge is 0.357 e. The second-order valence-corrected chi connectivity index (χ2v) is 7.58. The van der Waals surface area contributed by atoms with Crippen LogP contribution in [0.25, 0.3) is 10.9 Å². The van der Waals surface area contributed by atoms with Gasteiger partial charge < -0.3 is 15.5 Å². The van der Waals surface area contributed by atoms with Crippen LogP contribution >= 0.6 is 24.0 Å². The van der Waals surface area contributed by atoms with Crippen LogP contribution in [0.5, 0.6) is 0 Å². The molecule has 0 unspecified atom stereocenters. The fraction of sp³-hybridized carbons (Fsp3) is 0.320. The first-order valence-electron chi connectivity index (χ1n) is 10.7. The van der Waals surface area contributed by atoms with Crippen molar-refractivity contribution < 1.29 is 4.79 Å². The summed E-state index contributed by atoms with van der Waals surface area (Å²) in [5.41, 5.74) is 4.09. The van der Waals surface area contributed by atoms with E-state index in [0.717, 1.165) is 48.4 Å². The van der Waals surface area contributed by atoms with Gasteiger partial charge in [0.2, 0.25) is 0 Å². The van der Waals surface area contributed by atoms with Crippen molar-refractivity contribution in [2.24, 2.45) is 4.99 Å². The van der Waals surface area contributed by atoms with Gasteiger partial charge in [0.1, 0.15) is 0 Å². The maximum atomic E-state index is 12.2. The van der Waals surface area contributed by atoms with Gasteiger partial charge in [-0.25, -0.2) is 0 Å². The lowest BCUT2D eigenvalue weighted by molar-refractivity contribution is 0.0827. The number of hydrogen-bond acceptors (Lipinski definition) is 3. The maximum absolute atomic E-state index is 12.2. The van der Waals surface area contributed by atoms with Gasteiger partial charge in [-0.3, -0.25) is 14.8 Å². The van der Waals surface area contributed by atoms with Gasteiger partial charge in [-0.15, -0.1) is 24.0 Å². The zero-order valence-corrected chi connectivity index (χ0v) is 21.3. The number of nitrogens with zero attached hydrogens (tertiary/aromatic N) is 3. The molecule has 0 spiro atoms. The molecule has 3 aromatic rings. The van der Waals surface area contributed by atoms with Crippen molar-refractivity contribution in [3.05, 3.63) is 77.5 Å². The molecule has 0 saturated carbocycles. The van der Waals surface area contributed by atoms with Crippen LogP contribution in [-0.4, -0.2) is 55.5 Å². The Bertz CT molecular complexity index is 1050. The molecule has 0 radical (unpaired) electrons. The van der Waals surface area contributed by atoms with Crippen LogP contribution in [0.2, 0.25) is 0 Å². The summed E-state index contributed by atoms with van der Waals surface area (Å²) >= 11 is 0. The second kappa shape index (κ2) is 13.0. The lowest BCUT2D eigenvalue weighted by Gasteiger charge is -2.13. The summed E-state index contributed by atoms with van der Waals surface area (Å²) in [5.74, 6) is 0.823. The number of nitrogens with one attached hydrogen (secondary N) is 2. The average Bonchev–Trinajstić information content (AvgIpc) is 2.79. The van der Waals surface area contributed by atoms with E-state index in [2.05, 4.69) is 46.8 Å². The molecular weight excluding hydrogens is 513 g/mol. The van der Waals surface area contributed by atoms with Crippen LogP contribution in [0.15, 0.2) is 65.8 Å². The van der Waals surface area contributed by atoms with Crippen LogP contribution in [0, 0.1) is 0 Å². The van der Waals surface area contributed by atoms with E-state index in [9.17, 15) is 4.79 Å². The lowest BCUT2D eigenvalue weighted by Crippen LogP contribution is -2.38. The Morgan fingerprint density at radius 3 is 2.59 bits per heavy atom. The third kappa shape index (κ3) is 7.19. The van der Waals surface area contributed by atoms with Gasteiger partial charge in [0.05, 0.1) is 5.52 Å². The number of rotatable bonds is 8. The first kappa shape index (κ1) is 25.6. The normalized spacial score (nSPS) is 11.0. The molecule has 0 fully saturated rings. The van der Waals surface area contributed by atoms with Crippen LogP contribution in [0.1, 0.15) is 28.4 Å². The average molecular weight is 545 g/mol. The summed E-state index contributed by atoms with van der Waals surface area (Å²) in [4.78, 5) is 23.0. The molecule has 3 rings (SSSR count). The first-order valence-corrected chi connectivity index (χ1v) is 10.7. The molecule has 1 amide bonds. The van der Waals surface area contributed by atoms with Crippen molar-refractivity contribution in [1.29, 1.82) is 0 Å². The molecule has 0 aliphatic rings. The third-order valence-electron chi connectivity index (χ3n) is 5.00. The van der Waals surface area contributed by atoms with E-state index in [1.54, 1.807) is 19.0 Å². The number of para-hydroxylation sites is 1. The van der Waals surface area contributed by atoms with Gasteiger partial charge >= 0.3 is 0 Å². The molecule has 0 bridgehead atoms. The number of guanidine groups is 1. The van der Waals surface area contributed by atoms with Gasteiger partial charge in [0.15, 0.2) is 5.96 Å². The van der Waals surface area contributed by atoms with E-state index in [1.807, 2.05) is 36.5 Å². The van der Waals surface area contributed by atoms with Crippen molar-refractivity contribution >= 4 is 46.7 Å². The zero-order valence-electron chi connectivity index (χ0n) is 19.0. The molecular formula is C25H32IN5O. The Hall–Kier alpha value is -2.68. The topological polar surface area (TPSA) is 69.6 Å². The molecule has 2 aromatic carbocycles. The highest BCUT2D eigenvalue weighted by Gasteiger charge is 2.08. The van der Waals surface area contributed by atoms with Crippen molar-refractivity contribution in [1.82, 2.24) is 20.5 Å². The molecule has 1 heterocycles. The Kier molecular flexibility index (Phi) is 10.4. The third-order valence-corrected chi connectivity index (χ3v) is 5.00. The monoisotopic (exact) mass is 545 g/mol. The van der Waals surface area contributed by atoms with E-state index in [1.165, 1.54) is 5.56 Å². The number of benzene rings is 2. The predicted molar refractivity (Wildman–Crippen MR) is 143 cm³/mol. The smallest absolute Gasteiger partial charge is 0.253 e. The Labute approximate surface area is 207 Å². The van der Waals surface area contributed by atoms with Crippen molar-refractivity contribution in [3.8, 4) is 0 Å². The van der Waals surface area contributed by atoms with Gasteiger partial charge in [-0.05, 0) is 49.1 Å². The molecule has 170 valence electrons. The Morgan fingerprint density at radius 2 is 1.81 bits per heavy atom. The highest BCUT2D eigenvalue weighted by atomic mass is 127. The predicted octanol–water partition coefficient (Wildman–Crippen LogP) is 3.89. The fourth-order valence-corrected chi connectivity index (χ4v) is 3.44. The summed E-state index contributed by atoms with van der Waals surface area (Å²) in [7, 11) is 3.54. The van der Waals surface area contributed by atoms with Crippen LogP contribution in [0.4, 0.5) is 0 Å². The Balaban J connectivity index is 0.00000363. The van der Waals surface area contributed by atoms with Crippen LogP contribution < -0.4 is 10.6 Å². The molecule has 0 aliphatic carbocycles. The number of aromatic nitrogens is 1. The Morgan fingerprint density at radius 1 is 1.03 bits per heavy atom. The van der Waals surface area contributed by atoms with Gasteiger partial charge in [-0.2, -0.15) is 0 Å². The summed E-state index contributed by atoms with van der Waals surface area (Å²) in [6.07, 6.45) is 3.48. The summed E-state index contributed by atoms with van der Waals surface area (Å²) in [6.45, 7) is 4.27. The molecule has 6 nitrogen and oxygen atoms in total. The minimum atomic E-state index is 0. The van der Waals surface area contributed by atoms with Crippen LogP contribution in [-0.2, 0) is 12.8 Å². The number of hydrogen-bond donors (Lipinski definition) is 2. The number of carbonyl (C=O) groups is 1. The number of fused-ring (bicyclic) bond motifs is 1. The standard InChI is InChI=1S/C25H31N5O.HI/c1-4-26-25(28-16-13-19-8-5-11-22(18-19)24(31)30(2)3)29-17-14-21-10-6-9-20-12-7-15-27-23(20)21;/h5-12,15,18H,4,13-14,16-17H2,1-3H3,(H2,26,28,29);1H. The zero-order chi connectivity index (χ0) is 22.1. The minimum Gasteiger partial charge on any atom is -0.357 e. The van der Waals surface area contributed by atoms with E-state index < -0.39 is 0 Å². The van der Waals surface area contributed by atoms with E-state index in [0.29, 0.717) is 12.1 Å². The molecule has 7 heteroatoms. The number of pyridine rings is 1. The lowest BCUT2D eigenvalue weighted by atomic mass is 10.1. The number of amides is 1. The molecule has 0 aliphatic heterocycles. The number of halogens is 1. The quantitative estimate of drug-likeness (QED) is 0.256. The van der Waals surface area contributed by atoms with Gasteiger partial charge in [0, 0.05) is 50.9 Å². The maximum Gasteiger partial charge on any atom is 0.253 e. The first-order chi connectivity index (χ1) is 15.1. The van der Waals surface area contributed by atoms with Crippen molar-refractivity contribution in [2.75, 3.05) is 33.7 Å². The van der Waals surface area contributed by atoms with Crippen molar-refractivity contribution in [3.63, 3.8) is 0 Å². The van der Waals surface area contributed by atoms with Gasteiger partial charge in [0.25, 0.3) is 5.91 Å². The highest BCUT2D eigenvalue weighted by Crippen LogP contribution is 2.16. The minimum absolute atomic E-state index is 0. The van der Waals surface area contributed by atoms with E-state index in [4.69, 9.17) is 4.99 Å². The number of aliphatic imine (C=N–C) groups is 1. The van der Waals surface area contributed by atoms with Crippen LogP contribution in [0.3, 0.4) is 0 Å². The SMILES string of the molecule is CCNC(=NCCc1cccc2cccnc12)NCCc1cccc(C(=O)N(C)C)c1.I. The molecule has 32 heavy (non-hydrogen) atoms. The molecule has 2 N–H and O–H groups in total.